The maximum atomic E-state index is 11.6. The molecule has 0 aliphatic rings. The molecule has 0 fully saturated rings. The molecular formula is C14H17BrO3. The zero-order valence-electron chi connectivity index (χ0n) is 10.4. The summed E-state index contributed by atoms with van der Waals surface area (Å²) in [5.41, 5.74) is 1.13. The molecule has 0 amide bonds. The van der Waals surface area contributed by atoms with Gasteiger partial charge in [-0.15, -0.1) is 0 Å². The third-order valence-corrected chi connectivity index (χ3v) is 3.05. The molecule has 98 valence electrons. The maximum Gasteiger partial charge on any atom is 0.306 e. The first-order valence-electron chi connectivity index (χ1n) is 6.03. The number of aryl methyl sites for hydroxylation is 1. The van der Waals surface area contributed by atoms with Gasteiger partial charge in [0.15, 0.2) is 0 Å². The molecule has 1 rings (SSSR count). The summed E-state index contributed by atoms with van der Waals surface area (Å²) in [6.07, 6.45) is 1.65. The SMILES string of the molecule is CCOC(=O)CCC(=O)CCc1ccc(Br)cc1. The molecule has 0 aliphatic carbocycles. The number of rotatable bonds is 7. The molecule has 1 aromatic carbocycles. The highest BCUT2D eigenvalue weighted by atomic mass is 79.9. The lowest BCUT2D eigenvalue weighted by Crippen LogP contribution is -2.08. The van der Waals surface area contributed by atoms with Crippen molar-refractivity contribution in [3.05, 3.63) is 34.3 Å². The molecule has 0 saturated heterocycles. The molecule has 0 bridgehead atoms. The fourth-order valence-corrected chi connectivity index (χ4v) is 1.80. The van der Waals surface area contributed by atoms with Crippen molar-refractivity contribution in [3.63, 3.8) is 0 Å². The molecular weight excluding hydrogens is 296 g/mol. The van der Waals surface area contributed by atoms with Crippen LogP contribution in [0.4, 0.5) is 0 Å². The van der Waals surface area contributed by atoms with E-state index in [1.807, 2.05) is 24.3 Å². The van der Waals surface area contributed by atoms with Gasteiger partial charge in [-0.3, -0.25) is 9.59 Å². The number of Topliss-reactive ketones (excluding diaryl/α,β-unsaturated/α-hetero) is 1. The zero-order chi connectivity index (χ0) is 13.4. The van der Waals surface area contributed by atoms with E-state index in [9.17, 15) is 9.59 Å². The van der Waals surface area contributed by atoms with E-state index in [-0.39, 0.29) is 24.6 Å². The number of carbonyl (C=O) groups excluding carboxylic acids is 2. The number of ether oxygens (including phenoxy) is 1. The van der Waals surface area contributed by atoms with Gasteiger partial charge in [0.25, 0.3) is 0 Å². The fourth-order valence-electron chi connectivity index (χ4n) is 1.53. The van der Waals surface area contributed by atoms with Crippen molar-refractivity contribution >= 4 is 27.7 Å². The van der Waals surface area contributed by atoms with Crippen molar-refractivity contribution in [2.24, 2.45) is 0 Å². The minimum atomic E-state index is -0.297. The summed E-state index contributed by atoms with van der Waals surface area (Å²) < 4.78 is 5.80. The second kappa shape index (κ2) is 8.03. The van der Waals surface area contributed by atoms with Crippen LogP contribution in [0.3, 0.4) is 0 Å². The molecule has 0 unspecified atom stereocenters. The molecule has 0 saturated carbocycles. The van der Waals surface area contributed by atoms with Crippen molar-refractivity contribution in [2.75, 3.05) is 6.61 Å². The molecule has 0 aliphatic heterocycles. The first kappa shape index (κ1) is 14.9. The predicted molar refractivity (Wildman–Crippen MR) is 73.3 cm³/mol. The van der Waals surface area contributed by atoms with Crippen LogP contribution in [0.15, 0.2) is 28.7 Å². The Morgan fingerprint density at radius 3 is 2.39 bits per heavy atom. The Kier molecular flexibility index (Phi) is 6.65. The van der Waals surface area contributed by atoms with Gasteiger partial charge < -0.3 is 4.74 Å². The summed E-state index contributed by atoms with van der Waals surface area (Å²) in [5, 5.41) is 0. The van der Waals surface area contributed by atoms with Gasteiger partial charge in [0.2, 0.25) is 0 Å². The van der Waals surface area contributed by atoms with Crippen molar-refractivity contribution in [1.29, 1.82) is 0 Å². The first-order chi connectivity index (χ1) is 8.61. The number of halogens is 1. The number of ketones is 1. The molecule has 0 aromatic heterocycles. The van der Waals surface area contributed by atoms with Crippen molar-refractivity contribution in [3.8, 4) is 0 Å². The standard InChI is InChI=1S/C14H17BrO3/c1-2-18-14(17)10-9-13(16)8-5-11-3-6-12(15)7-4-11/h3-4,6-7H,2,5,8-10H2,1H3. The van der Waals surface area contributed by atoms with Crippen LogP contribution in [0.5, 0.6) is 0 Å². The van der Waals surface area contributed by atoms with Gasteiger partial charge >= 0.3 is 5.97 Å². The topological polar surface area (TPSA) is 43.4 Å². The highest BCUT2D eigenvalue weighted by Crippen LogP contribution is 2.12. The monoisotopic (exact) mass is 312 g/mol. The second-order valence-electron chi connectivity index (χ2n) is 3.97. The van der Waals surface area contributed by atoms with Crippen LogP contribution >= 0.6 is 15.9 Å². The van der Waals surface area contributed by atoms with Gasteiger partial charge in [0, 0.05) is 17.3 Å². The van der Waals surface area contributed by atoms with Crippen molar-refractivity contribution in [2.45, 2.75) is 32.6 Å². The van der Waals surface area contributed by atoms with E-state index in [2.05, 4.69) is 15.9 Å². The first-order valence-corrected chi connectivity index (χ1v) is 6.83. The second-order valence-corrected chi connectivity index (χ2v) is 4.89. The average molecular weight is 313 g/mol. The Morgan fingerprint density at radius 1 is 1.11 bits per heavy atom. The molecule has 0 N–H and O–H groups in total. The van der Waals surface area contributed by atoms with Gasteiger partial charge in [0.1, 0.15) is 5.78 Å². The minimum absolute atomic E-state index is 0.103. The molecule has 0 radical (unpaired) electrons. The van der Waals surface area contributed by atoms with Crippen LogP contribution in [0.1, 0.15) is 31.7 Å². The lowest BCUT2D eigenvalue weighted by molar-refractivity contribution is -0.144. The Balaban J connectivity index is 2.24. The van der Waals surface area contributed by atoms with E-state index in [1.54, 1.807) is 6.92 Å². The minimum Gasteiger partial charge on any atom is -0.466 e. The van der Waals surface area contributed by atoms with E-state index in [1.165, 1.54) is 0 Å². The normalized spacial score (nSPS) is 10.1. The third kappa shape index (κ3) is 5.96. The van der Waals surface area contributed by atoms with Crippen LogP contribution in [0.2, 0.25) is 0 Å². The average Bonchev–Trinajstić information content (AvgIpc) is 2.36. The molecule has 1 aromatic rings. The van der Waals surface area contributed by atoms with Crippen LogP contribution in [0.25, 0.3) is 0 Å². The molecule has 4 heteroatoms. The summed E-state index contributed by atoms with van der Waals surface area (Å²) in [7, 11) is 0. The Morgan fingerprint density at radius 2 is 1.78 bits per heavy atom. The molecule has 18 heavy (non-hydrogen) atoms. The van der Waals surface area contributed by atoms with Gasteiger partial charge in [-0.05, 0) is 31.0 Å². The quantitative estimate of drug-likeness (QED) is 0.726. The summed E-state index contributed by atoms with van der Waals surface area (Å²) >= 11 is 3.36. The summed E-state index contributed by atoms with van der Waals surface area (Å²) in [4.78, 5) is 22.7. The van der Waals surface area contributed by atoms with E-state index < -0.39 is 0 Å². The van der Waals surface area contributed by atoms with Crippen LogP contribution < -0.4 is 0 Å². The maximum absolute atomic E-state index is 11.6. The van der Waals surface area contributed by atoms with Crippen molar-refractivity contribution in [1.82, 2.24) is 0 Å². The predicted octanol–water partition coefficient (Wildman–Crippen LogP) is 3.29. The smallest absolute Gasteiger partial charge is 0.306 e. The number of hydrogen-bond acceptors (Lipinski definition) is 3. The van der Waals surface area contributed by atoms with Crippen LogP contribution in [-0.2, 0) is 20.7 Å². The summed E-state index contributed by atoms with van der Waals surface area (Å²) in [6.45, 7) is 2.12. The number of benzene rings is 1. The van der Waals surface area contributed by atoms with Gasteiger partial charge in [-0.2, -0.15) is 0 Å². The summed E-state index contributed by atoms with van der Waals surface area (Å²) in [5.74, 6) is -0.194. The lowest BCUT2D eigenvalue weighted by Gasteiger charge is -2.02. The number of esters is 1. The largest absolute Gasteiger partial charge is 0.466 e. The molecule has 3 nitrogen and oxygen atoms in total. The van der Waals surface area contributed by atoms with Gasteiger partial charge in [0.05, 0.1) is 13.0 Å². The number of hydrogen-bond donors (Lipinski definition) is 0. The Bertz CT molecular complexity index is 398. The van der Waals surface area contributed by atoms with Crippen LogP contribution in [0, 0.1) is 0 Å². The van der Waals surface area contributed by atoms with E-state index >= 15 is 0 Å². The highest BCUT2D eigenvalue weighted by molar-refractivity contribution is 9.10. The van der Waals surface area contributed by atoms with E-state index in [4.69, 9.17) is 4.74 Å². The van der Waals surface area contributed by atoms with Gasteiger partial charge in [-0.25, -0.2) is 0 Å². The third-order valence-electron chi connectivity index (χ3n) is 2.52. The Hall–Kier alpha value is -1.16. The van der Waals surface area contributed by atoms with Crippen LogP contribution in [-0.4, -0.2) is 18.4 Å². The fraction of sp³-hybridized carbons (Fsp3) is 0.429. The molecule has 0 heterocycles. The van der Waals surface area contributed by atoms with E-state index in [0.29, 0.717) is 13.0 Å². The van der Waals surface area contributed by atoms with Gasteiger partial charge in [-0.1, -0.05) is 28.1 Å². The molecule has 0 atom stereocenters. The lowest BCUT2D eigenvalue weighted by atomic mass is 10.1. The highest BCUT2D eigenvalue weighted by Gasteiger charge is 2.07. The number of carbonyl (C=O) groups is 2. The summed E-state index contributed by atoms with van der Waals surface area (Å²) in [6, 6.07) is 7.89. The zero-order valence-corrected chi connectivity index (χ0v) is 12.0. The van der Waals surface area contributed by atoms with Crippen molar-refractivity contribution < 1.29 is 14.3 Å². The van der Waals surface area contributed by atoms with E-state index in [0.717, 1.165) is 16.5 Å². The Labute approximate surface area is 116 Å². The molecule has 0 spiro atoms.